The molecule has 0 heterocycles. The minimum atomic E-state index is -0.514. The van der Waals surface area contributed by atoms with Crippen LogP contribution in [0.25, 0.3) is 33.4 Å². The van der Waals surface area contributed by atoms with E-state index < -0.39 is 5.41 Å². The fraction of sp³-hybridized carbons (Fsp3) is 0.158. The molecule has 0 saturated carbocycles. The number of hydrogen-bond acceptors (Lipinski definition) is 1. The van der Waals surface area contributed by atoms with Crippen molar-refractivity contribution >= 4 is 17.1 Å². The van der Waals surface area contributed by atoms with Gasteiger partial charge in [0, 0.05) is 16.9 Å². The van der Waals surface area contributed by atoms with Gasteiger partial charge in [-0.1, -0.05) is 191 Å². The highest BCUT2D eigenvalue weighted by atomic mass is 15.1. The molecule has 0 atom stereocenters. The lowest BCUT2D eigenvalue weighted by Crippen LogP contribution is -2.33. The number of hydrogen-bond donors (Lipinski definition) is 0. The first-order valence-corrected chi connectivity index (χ1v) is 20.8. The average molecular weight is 748 g/mol. The Labute approximate surface area is 344 Å². The number of nitrogens with zero attached hydrogens (tertiary/aromatic N) is 1. The third-order valence-corrected chi connectivity index (χ3v) is 13.2. The van der Waals surface area contributed by atoms with E-state index in [1.807, 2.05) is 0 Å². The van der Waals surface area contributed by atoms with Gasteiger partial charge in [0.05, 0.1) is 11.1 Å². The normalized spacial score (nSPS) is 15.5. The van der Waals surface area contributed by atoms with Gasteiger partial charge in [-0.15, -0.1) is 0 Å². The molecule has 8 aromatic carbocycles. The zero-order valence-electron chi connectivity index (χ0n) is 33.9. The summed E-state index contributed by atoms with van der Waals surface area (Å²) in [6.07, 6.45) is 2.42. The van der Waals surface area contributed by atoms with Gasteiger partial charge in [-0.05, 0) is 121 Å². The molecule has 0 N–H and O–H groups in total. The lowest BCUT2D eigenvalue weighted by atomic mass is 9.63. The molecule has 0 unspecified atom stereocenters. The molecule has 2 aliphatic rings. The molecule has 0 aliphatic heterocycles. The van der Waals surface area contributed by atoms with Crippen LogP contribution in [0, 0.1) is 0 Å². The summed E-state index contributed by atoms with van der Waals surface area (Å²) in [5, 5.41) is 0. The Hall–Kier alpha value is -6.44. The van der Waals surface area contributed by atoms with Gasteiger partial charge in [0.1, 0.15) is 0 Å². The van der Waals surface area contributed by atoms with Crippen LogP contribution >= 0.6 is 0 Å². The summed E-state index contributed by atoms with van der Waals surface area (Å²) < 4.78 is 0. The molecular formula is C57H49N. The molecule has 0 amide bonds. The first kappa shape index (κ1) is 35.9. The average Bonchev–Trinajstić information content (AvgIpc) is 3.56. The Bertz CT molecular complexity index is 2670. The number of benzene rings is 8. The van der Waals surface area contributed by atoms with Crippen LogP contribution in [0.15, 0.2) is 200 Å². The molecule has 0 aromatic heterocycles. The molecule has 0 saturated heterocycles. The van der Waals surface area contributed by atoms with E-state index in [1.54, 1.807) is 0 Å². The minimum absolute atomic E-state index is 0.156. The molecule has 0 bridgehead atoms. The second kappa shape index (κ2) is 13.9. The first-order chi connectivity index (χ1) is 28.3. The molecule has 0 fully saturated rings. The van der Waals surface area contributed by atoms with Gasteiger partial charge in [0.2, 0.25) is 0 Å². The summed E-state index contributed by atoms with van der Waals surface area (Å²) >= 11 is 0. The van der Waals surface area contributed by atoms with Crippen molar-refractivity contribution in [2.45, 2.75) is 56.8 Å². The van der Waals surface area contributed by atoms with E-state index in [4.69, 9.17) is 0 Å². The second-order valence-corrected chi connectivity index (χ2v) is 17.6. The molecule has 1 heteroatoms. The number of rotatable bonds is 7. The van der Waals surface area contributed by atoms with Crippen LogP contribution in [-0.2, 0) is 16.2 Å². The Morgan fingerprint density at radius 3 is 1.41 bits per heavy atom. The van der Waals surface area contributed by atoms with Crippen molar-refractivity contribution in [3.8, 4) is 33.4 Å². The monoisotopic (exact) mass is 747 g/mol. The largest absolute Gasteiger partial charge is 0.310 e. The van der Waals surface area contributed by atoms with E-state index in [-0.39, 0.29) is 10.8 Å². The van der Waals surface area contributed by atoms with E-state index in [0.717, 1.165) is 17.1 Å². The lowest BCUT2D eigenvalue weighted by molar-refractivity contribution is 0.332. The Balaban J connectivity index is 1.23. The Morgan fingerprint density at radius 2 is 0.828 bits per heavy atom. The molecule has 282 valence electrons. The number of para-hydroxylation sites is 2. The van der Waals surface area contributed by atoms with Crippen molar-refractivity contribution in [2.24, 2.45) is 0 Å². The Kier molecular flexibility index (Phi) is 8.61. The van der Waals surface area contributed by atoms with E-state index in [0.29, 0.717) is 0 Å². The van der Waals surface area contributed by atoms with E-state index >= 15 is 0 Å². The summed E-state index contributed by atoms with van der Waals surface area (Å²) in [6.45, 7) is 9.63. The van der Waals surface area contributed by atoms with Crippen LogP contribution in [0.1, 0.15) is 73.9 Å². The molecule has 0 radical (unpaired) electrons. The quantitative estimate of drug-likeness (QED) is 0.157. The lowest BCUT2D eigenvalue weighted by Gasteiger charge is -2.42. The van der Waals surface area contributed by atoms with Crippen molar-refractivity contribution < 1.29 is 0 Å². The van der Waals surface area contributed by atoms with E-state index in [9.17, 15) is 0 Å². The summed E-state index contributed by atoms with van der Waals surface area (Å²) in [7, 11) is 0. The summed E-state index contributed by atoms with van der Waals surface area (Å²) in [6, 6.07) is 74.5. The van der Waals surface area contributed by atoms with Gasteiger partial charge in [-0.25, -0.2) is 0 Å². The molecule has 58 heavy (non-hydrogen) atoms. The molecule has 0 spiro atoms. The molecule has 1 nitrogen and oxygen atoms in total. The third kappa shape index (κ3) is 5.75. The third-order valence-electron chi connectivity index (χ3n) is 13.2. The highest BCUT2D eigenvalue weighted by Gasteiger charge is 2.47. The molecular weight excluding hydrogens is 699 g/mol. The van der Waals surface area contributed by atoms with Crippen molar-refractivity contribution in [2.75, 3.05) is 4.90 Å². The summed E-state index contributed by atoms with van der Waals surface area (Å²) in [4.78, 5) is 2.45. The summed E-state index contributed by atoms with van der Waals surface area (Å²) in [5.74, 6) is 0. The van der Waals surface area contributed by atoms with Crippen molar-refractivity contribution in [3.05, 3.63) is 234 Å². The van der Waals surface area contributed by atoms with Crippen LogP contribution in [0.4, 0.5) is 17.1 Å². The molecule has 8 aromatic rings. The van der Waals surface area contributed by atoms with Crippen molar-refractivity contribution in [1.29, 1.82) is 0 Å². The SMILES string of the molecule is CC1(C)CCC(C)(C)c2cc(-c3ccc(-c4cc5c(cc4N(c4ccccc4)c4ccccc4)C(c4ccccc4)(c4ccccc4)c4ccccc4-5)cc3)ccc21. The second-order valence-electron chi connectivity index (χ2n) is 17.6. The van der Waals surface area contributed by atoms with Gasteiger partial charge < -0.3 is 4.90 Å². The van der Waals surface area contributed by atoms with Gasteiger partial charge in [-0.3, -0.25) is 0 Å². The van der Waals surface area contributed by atoms with Crippen LogP contribution in [0.5, 0.6) is 0 Å². The number of anilines is 3. The predicted octanol–water partition coefficient (Wildman–Crippen LogP) is 15.2. The first-order valence-electron chi connectivity index (χ1n) is 20.8. The van der Waals surface area contributed by atoms with Gasteiger partial charge in [0.25, 0.3) is 0 Å². The predicted molar refractivity (Wildman–Crippen MR) is 245 cm³/mol. The molecule has 2 aliphatic carbocycles. The smallest absolute Gasteiger partial charge is 0.0714 e. The van der Waals surface area contributed by atoms with Crippen LogP contribution in [-0.4, -0.2) is 0 Å². The Morgan fingerprint density at radius 1 is 0.345 bits per heavy atom. The molecule has 10 rings (SSSR count). The van der Waals surface area contributed by atoms with Crippen LogP contribution in [0.2, 0.25) is 0 Å². The minimum Gasteiger partial charge on any atom is -0.310 e. The van der Waals surface area contributed by atoms with Crippen LogP contribution in [0.3, 0.4) is 0 Å². The topological polar surface area (TPSA) is 3.24 Å². The van der Waals surface area contributed by atoms with Gasteiger partial charge >= 0.3 is 0 Å². The van der Waals surface area contributed by atoms with Gasteiger partial charge in [-0.2, -0.15) is 0 Å². The highest BCUT2D eigenvalue weighted by molar-refractivity contribution is 5.96. The summed E-state index contributed by atoms with van der Waals surface area (Å²) in [5.41, 5.74) is 18.8. The van der Waals surface area contributed by atoms with Crippen molar-refractivity contribution in [1.82, 2.24) is 0 Å². The fourth-order valence-electron chi connectivity index (χ4n) is 10.1. The van der Waals surface area contributed by atoms with Gasteiger partial charge in [0.15, 0.2) is 0 Å². The maximum absolute atomic E-state index is 2.51. The zero-order chi connectivity index (χ0) is 39.5. The highest BCUT2D eigenvalue weighted by Crippen LogP contribution is 2.59. The van der Waals surface area contributed by atoms with Crippen LogP contribution < -0.4 is 4.90 Å². The van der Waals surface area contributed by atoms with E-state index in [1.165, 1.54) is 79.6 Å². The van der Waals surface area contributed by atoms with E-state index in [2.05, 4.69) is 233 Å². The zero-order valence-corrected chi connectivity index (χ0v) is 33.9. The standard InChI is InChI=1S/C57H49N/c1-55(2)35-36-56(3,4)53-37-42(33-34-51(53)55)40-29-31-41(32-30-40)48-38-49-47-27-17-18-28-50(47)57(43-19-9-5-10-20-43,44-21-11-6-12-22-44)52(49)39-54(48)58(45-23-13-7-14-24-45)46-25-15-8-16-26-46/h5-34,37-39H,35-36H2,1-4H3. The maximum atomic E-state index is 2.51. The fourth-order valence-corrected chi connectivity index (χ4v) is 10.1. The number of fused-ring (bicyclic) bond motifs is 4. The van der Waals surface area contributed by atoms with Crippen molar-refractivity contribution in [3.63, 3.8) is 0 Å². The maximum Gasteiger partial charge on any atom is 0.0714 e.